The summed E-state index contributed by atoms with van der Waals surface area (Å²) in [6, 6.07) is 12.1. The van der Waals surface area contributed by atoms with Crippen molar-refractivity contribution in [3.8, 4) is 12.1 Å². The second kappa shape index (κ2) is 5.96. The highest BCUT2D eigenvalue weighted by Crippen LogP contribution is 2.51. The Balaban J connectivity index is 1.74. The van der Waals surface area contributed by atoms with E-state index in [1.165, 1.54) is 0 Å². The lowest BCUT2D eigenvalue weighted by Gasteiger charge is -2.32. The second-order valence-electron chi connectivity index (χ2n) is 8.26. The van der Waals surface area contributed by atoms with Gasteiger partial charge in [-0.3, -0.25) is 0 Å². The Morgan fingerprint density at radius 1 is 1.04 bits per heavy atom. The van der Waals surface area contributed by atoms with Crippen LogP contribution in [0.25, 0.3) is 11.1 Å². The average Bonchev–Trinajstić information content (AvgIpc) is 3.07. The third-order valence-electron chi connectivity index (χ3n) is 6.16. The van der Waals surface area contributed by atoms with E-state index in [4.69, 9.17) is 9.31 Å². The normalized spacial score (nSPS) is 24.3. The predicted octanol–water partition coefficient (Wildman–Crippen LogP) is 4.68. The van der Waals surface area contributed by atoms with Gasteiger partial charge in [-0.1, -0.05) is 36.4 Å². The van der Waals surface area contributed by atoms with Crippen LogP contribution in [-0.2, 0) is 9.31 Å². The minimum atomic E-state index is -0.367. The largest absolute Gasteiger partial charge is 0.465 e. The van der Waals surface area contributed by atoms with E-state index in [0.29, 0.717) is 0 Å². The van der Waals surface area contributed by atoms with Crippen LogP contribution in [0.1, 0.15) is 45.2 Å². The standard InChI is InChI=1S/C22H21BN2O2/c1-21(2)22(3,4)27-23(26-21)15-9-10-18-19(11-15)16-7-5-6-8-17(16)20(18)14(12-24)13-25/h5-10,15H,11H2,1-4H3. The van der Waals surface area contributed by atoms with Crippen molar-refractivity contribution in [3.63, 3.8) is 0 Å². The summed E-state index contributed by atoms with van der Waals surface area (Å²) in [5.74, 6) is 0.0878. The number of fused-ring (bicyclic) bond motifs is 2. The smallest absolute Gasteiger partial charge is 0.403 e. The van der Waals surface area contributed by atoms with Crippen molar-refractivity contribution in [2.45, 2.75) is 51.1 Å². The van der Waals surface area contributed by atoms with Crippen LogP contribution >= 0.6 is 0 Å². The van der Waals surface area contributed by atoms with Gasteiger partial charge < -0.3 is 9.31 Å². The summed E-state index contributed by atoms with van der Waals surface area (Å²) in [7, 11) is -0.313. The molecule has 0 saturated carbocycles. The van der Waals surface area contributed by atoms with Crippen molar-refractivity contribution in [1.29, 1.82) is 10.5 Å². The quantitative estimate of drug-likeness (QED) is 0.541. The predicted molar refractivity (Wildman–Crippen MR) is 105 cm³/mol. The molecule has 0 N–H and O–H groups in total. The molecule has 0 radical (unpaired) electrons. The number of hydrogen-bond donors (Lipinski definition) is 0. The highest BCUT2D eigenvalue weighted by Gasteiger charge is 2.53. The molecular weight excluding hydrogens is 335 g/mol. The average molecular weight is 356 g/mol. The second-order valence-corrected chi connectivity index (χ2v) is 8.26. The molecule has 0 bridgehead atoms. The number of hydrogen-bond acceptors (Lipinski definition) is 4. The number of allylic oxidation sites excluding steroid dienone is 6. The van der Waals surface area contributed by atoms with Gasteiger partial charge in [0, 0.05) is 11.4 Å². The molecule has 1 aromatic rings. The van der Waals surface area contributed by atoms with Crippen LogP contribution in [0, 0.1) is 22.7 Å². The van der Waals surface area contributed by atoms with Gasteiger partial charge in [-0.25, -0.2) is 0 Å². The molecule has 134 valence electrons. The minimum Gasteiger partial charge on any atom is -0.403 e. The SMILES string of the molecule is CC1(C)OB(C2C=CC3=C(C2)c2ccccc2C3=C(C#N)C#N)OC1(C)C. The Bertz CT molecular complexity index is 970. The van der Waals surface area contributed by atoms with E-state index < -0.39 is 0 Å². The molecule has 1 heterocycles. The van der Waals surface area contributed by atoms with Gasteiger partial charge in [-0.05, 0) is 56.4 Å². The van der Waals surface area contributed by atoms with Crippen LogP contribution in [0.4, 0.5) is 0 Å². The molecule has 3 aliphatic rings. The number of rotatable bonds is 1. The number of benzene rings is 1. The zero-order chi connectivity index (χ0) is 19.4. The van der Waals surface area contributed by atoms with Gasteiger partial charge in [0.15, 0.2) is 0 Å². The third kappa shape index (κ3) is 2.59. The summed E-state index contributed by atoms with van der Waals surface area (Å²) in [5, 5.41) is 18.9. The molecule has 2 aliphatic carbocycles. The van der Waals surface area contributed by atoms with Crippen LogP contribution in [0.3, 0.4) is 0 Å². The molecule has 0 amide bonds. The molecule has 1 atom stereocenters. The van der Waals surface area contributed by atoms with Crippen LogP contribution < -0.4 is 0 Å². The zero-order valence-corrected chi connectivity index (χ0v) is 16.0. The Labute approximate surface area is 160 Å². The summed E-state index contributed by atoms with van der Waals surface area (Å²) >= 11 is 0. The van der Waals surface area contributed by atoms with Crippen molar-refractivity contribution in [2.24, 2.45) is 0 Å². The van der Waals surface area contributed by atoms with Crippen LogP contribution in [0.2, 0.25) is 5.82 Å². The maximum absolute atomic E-state index is 9.43. The number of nitrogens with zero attached hydrogens (tertiary/aromatic N) is 2. The highest BCUT2D eigenvalue weighted by atomic mass is 16.7. The third-order valence-corrected chi connectivity index (χ3v) is 6.16. The monoisotopic (exact) mass is 356 g/mol. The summed E-state index contributed by atoms with van der Waals surface area (Å²) in [4.78, 5) is 0. The molecule has 0 aromatic heterocycles. The topological polar surface area (TPSA) is 66.0 Å². The summed E-state index contributed by atoms with van der Waals surface area (Å²) in [5.41, 5.74) is 4.35. The molecular formula is C22H21BN2O2. The summed E-state index contributed by atoms with van der Waals surface area (Å²) in [6.45, 7) is 8.23. The van der Waals surface area contributed by atoms with Gasteiger partial charge >= 0.3 is 7.12 Å². The van der Waals surface area contributed by atoms with E-state index >= 15 is 0 Å². The van der Waals surface area contributed by atoms with Gasteiger partial charge in [0.2, 0.25) is 0 Å². The molecule has 1 unspecified atom stereocenters. The van der Waals surface area contributed by atoms with Gasteiger partial charge in [-0.15, -0.1) is 0 Å². The summed E-state index contributed by atoms with van der Waals surface area (Å²) in [6.07, 6.45) is 4.88. The lowest BCUT2D eigenvalue weighted by molar-refractivity contribution is 0.00578. The molecule has 1 fully saturated rings. The Kier molecular flexibility index (Phi) is 3.93. The van der Waals surface area contributed by atoms with E-state index in [1.54, 1.807) is 0 Å². The van der Waals surface area contributed by atoms with Gasteiger partial charge in [-0.2, -0.15) is 10.5 Å². The maximum atomic E-state index is 9.43. The fourth-order valence-corrected chi connectivity index (χ4v) is 3.99. The molecule has 4 rings (SSSR count). The minimum absolute atomic E-state index is 0.0878. The van der Waals surface area contributed by atoms with E-state index in [2.05, 4.69) is 52.0 Å². The first-order chi connectivity index (χ1) is 12.8. The van der Waals surface area contributed by atoms with E-state index in [-0.39, 0.29) is 29.7 Å². The van der Waals surface area contributed by atoms with Gasteiger partial charge in [0.05, 0.1) is 11.2 Å². The summed E-state index contributed by atoms with van der Waals surface area (Å²) < 4.78 is 12.5. The first-order valence-electron chi connectivity index (χ1n) is 9.20. The Morgan fingerprint density at radius 2 is 1.63 bits per heavy atom. The Morgan fingerprint density at radius 3 is 2.22 bits per heavy atom. The zero-order valence-electron chi connectivity index (χ0n) is 16.0. The number of nitriles is 2. The molecule has 27 heavy (non-hydrogen) atoms. The van der Waals surface area contributed by atoms with E-state index in [9.17, 15) is 10.5 Å². The van der Waals surface area contributed by atoms with Crippen molar-refractivity contribution in [1.82, 2.24) is 0 Å². The van der Waals surface area contributed by atoms with Crippen molar-refractivity contribution in [2.75, 3.05) is 0 Å². The Hall–Kier alpha value is -2.60. The fourth-order valence-electron chi connectivity index (χ4n) is 3.99. The first-order valence-corrected chi connectivity index (χ1v) is 9.20. The van der Waals surface area contributed by atoms with Crippen molar-refractivity contribution in [3.05, 3.63) is 58.7 Å². The molecule has 4 nitrogen and oxygen atoms in total. The fraction of sp³-hybridized carbons (Fsp3) is 0.364. The lowest BCUT2D eigenvalue weighted by atomic mass is 9.66. The molecule has 0 spiro atoms. The first kappa shape index (κ1) is 17.8. The van der Waals surface area contributed by atoms with Crippen molar-refractivity contribution < 1.29 is 9.31 Å². The maximum Gasteiger partial charge on any atom is 0.465 e. The highest BCUT2D eigenvalue weighted by molar-refractivity contribution is 6.48. The van der Waals surface area contributed by atoms with E-state index in [0.717, 1.165) is 34.3 Å². The molecule has 5 heteroatoms. The van der Waals surface area contributed by atoms with Crippen LogP contribution in [0.15, 0.2) is 47.6 Å². The van der Waals surface area contributed by atoms with Crippen LogP contribution in [-0.4, -0.2) is 18.3 Å². The molecule has 1 saturated heterocycles. The van der Waals surface area contributed by atoms with E-state index in [1.807, 2.05) is 24.3 Å². The van der Waals surface area contributed by atoms with Gasteiger partial charge in [0.1, 0.15) is 17.7 Å². The molecule has 1 aromatic carbocycles. The van der Waals surface area contributed by atoms with Gasteiger partial charge in [0.25, 0.3) is 0 Å². The lowest BCUT2D eigenvalue weighted by Crippen LogP contribution is -2.41. The van der Waals surface area contributed by atoms with Crippen molar-refractivity contribution >= 4 is 18.3 Å². The molecule has 1 aliphatic heterocycles. The van der Waals surface area contributed by atoms with Crippen LogP contribution in [0.5, 0.6) is 0 Å².